The Morgan fingerprint density at radius 2 is 1.86 bits per heavy atom. The van der Waals surface area contributed by atoms with Crippen molar-refractivity contribution in [3.8, 4) is 0 Å². The van der Waals surface area contributed by atoms with Gasteiger partial charge in [0.25, 0.3) is 0 Å². The summed E-state index contributed by atoms with van der Waals surface area (Å²) in [5.41, 5.74) is -0.633. The second kappa shape index (κ2) is 6.24. The SMILES string of the molecule is CCC1(C(=O)O)CCN(C(=O)NC2CCC(C)C2C)CC1. The zero-order chi connectivity index (χ0) is 15.6. The molecule has 1 heterocycles. The Morgan fingerprint density at radius 3 is 2.29 bits per heavy atom. The Kier molecular flexibility index (Phi) is 4.79. The molecule has 0 spiro atoms. The molecule has 1 saturated carbocycles. The Hall–Kier alpha value is -1.26. The maximum Gasteiger partial charge on any atom is 0.317 e. The summed E-state index contributed by atoms with van der Waals surface area (Å²) in [5.74, 6) is 0.465. The monoisotopic (exact) mass is 296 g/mol. The fourth-order valence-electron chi connectivity index (χ4n) is 3.67. The smallest absolute Gasteiger partial charge is 0.317 e. The van der Waals surface area contributed by atoms with Gasteiger partial charge in [0, 0.05) is 19.1 Å². The molecule has 21 heavy (non-hydrogen) atoms. The molecule has 2 aliphatic rings. The fourth-order valence-corrected chi connectivity index (χ4v) is 3.67. The molecule has 1 aliphatic carbocycles. The van der Waals surface area contributed by atoms with E-state index in [1.807, 2.05) is 6.92 Å². The molecule has 5 nitrogen and oxygen atoms in total. The third-order valence-electron chi connectivity index (χ3n) is 5.91. The molecule has 0 bridgehead atoms. The second-order valence-electron chi connectivity index (χ2n) is 6.90. The van der Waals surface area contributed by atoms with Crippen LogP contribution in [0.5, 0.6) is 0 Å². The summed E-state index contributed by atoms with van der Waals surface area (Å²) >= 11 is 0. The van der Waals surface area contributed by atoms with E-state index in [1.54, 1.807) is 4.90 Å². The van der Waals surface area contributed by atoms with E-state index >= 15 is 0 Å². The quantitative estimate of drug-likeness (QED) is 0.841. The highest BCUT2D eigenvalue weighted by Crippen LogP contribution is 2.35. The van der Waals surface area contributed by atoms with Crippen molar-refractivity contribution < 1.29 is 14.7 Å². The molecule has 3 unspecified atom stereocenters. The lowest BCUT2D eigenvalue weighted by Crippen LogP contribution is -2.51. The van der Waals surface area contributed by atoms with Crippen molar-refractivity contribution in [2.75, 3.05) is 13.1 Å². The number of urea groups is 1. The molecular weight excluding hydrogens is 268 g/mol. The minimum Gasteiger partial charge on any atom is -0.481 e. The highest BCUT2D eigenvalue weighted by molar-refractivity contribution is 5.77. The molecule has 0 aromatic heterocycles. The second-order valence-corrected chi connectivity index (χ2v) is 6.90. The van der Waals surface area contributed by atoms with Gasteiger partial charge in [0.15, 0.2) is 0 Å². The lowest BCUT2D eigenvalue weighted by atomic mass is 9.76. The summed E-state index contributed by atoms with van der Waals surface area (Å²) in [5, 5.41) is 12.5. The third-order valence-corrected chi connectivity index (χ3v) is 5.91. The number of piperidine rings is 1. The van der Waals surface area contributed by atoms with Gasteiger partial charge in [-0.3, -0.25) is 4.79 Å². The molecule has 1 saturated heterocycles. The zero-order valence-corrected chi connectivity index (χ0v) is 13.4. The van der Waals surface area contributed by atoms with Crippen LogP contribution in [0, 0.1) is 17.3 Å². The Labute approximate surface area is 127 Å². The van der Waals surface area contributed by atoms with E-state index in [-0.39, 0.29) is 12.1 Å². The van der Waals surface area contributed by atoms with Crippen LogP contribution in [0.4, 0.5) is 4.79 Å². The first kappa shape index (κ1) is 16.1. The maximum absolute atomic E-state index is 12.3. The molecule has 2 N–H and O–H groups in total. The van der Waals surface area contributed by atoms with E-state index in [4.69, 9.17) is 0 Å². The number of carbonyl (C=O) groups is 2. The first-order chi connectivity index (χ1) is 9.89. The third kappa shape index (κ3) is 3.16. The van der Waals surface area contributed by atoms with Gasteiger partial charge in [-0.05, 0) is 43.9 Å². The number of amides is 2. The summed E-state index contributed by atoms with van der Waals surface area (Å²) in [6.07, 6.45) is 3.97. The van der Waals surface area contributed by atoms with E-state index < -0.39 is 11.4 Å². The first-order valence-corrected chi connectivity index (χ1v) is 8.18. The number of carboxylic acid groups (broad SMARTS) is 1. The summed E-state index contributed by atoms with van der Waals surface area (Å²) in [6.45, 7) is 7.45. The van der Waals surface area contributed by atoms with E-state index in [0.29, 0.717) is 44.2 Å². The van der Waals surface area contributed by atoms with Crippen molar-refractivity contribution in [2.24, 2.45) is 17.3 Å². The standard InChI is InChI=1S/C16H28N2O3/c1-4-16(14(19)20)7-9-18(10-8-16)15(21)17-13-6-5-11(2)12(13)3/h11-13H,4-10H2,1-3H3,(H,17,21)(H,19,20). The van der Waals surface area contributed by atoms with Gasteiger partial charge in [-0.15, -0.1) is 0 Å². The van der Waals surface area contributed by atoms with Gasteiger partial charge in [-0.25, -0.2) is 4.79 Å². The highest BCUT2D eigenvalue weighted by Gasteiger charge is 2.41. The van der Waals surface area contributed by atoms with Gasteiger partial charge in [0.05, 0.1) is 5.41 Å². The zero-order valence-electron chi connectivity index (χ0n) is 13.4. The Balaban J connectivity index is 1.87. The van der Waals surface area contributed by atoms with Crippen LogP contribution in [0.2, 0.25) is 0 Å². The maximum atomic E-state index is 12.3. The average molecular weight is 296 g/mol. The lowest BCUT2D eigenvalue weighted by Gasteiger charge is -2.38. The molecule has 1 aliphatic heterocycles. The van der Waals surface area contributed by atoms with E-state index in [9.17, 15) is 14.7 Å². The molecule has 2 amide bonds. The van der Waals surface area contributed by atoms with Crippen molar-refractivity contribution in [1.29, 1.82) is 0 Å². The lowest BCUT2D eigenvalue weighted by molar-refractivity contribution is -0.151. The van der Waals surface area contributed by atoms with Gasteiger partial charge in [-0.2, -0.15) is 0 Å². The predicted molar refractivity (Wildman–Crippen MR) is 81.0 cm³/mol. The van der Waals surface area contributed by atoms with Crippen LogP contribution in [0.1, 0.15) is 52.9 Å². The molecule has 2 fully saturated rings. The normalized spacial score (nSPS) is 32.0. The number of rotatable bonds is 3. The summed E-state index contributed by atoms with van der Waals surface area (Å²) in [6, 6.07) is 0.251. The molecule has 2 rings (SSSR count). The van der Waals surface area contributed by atoms with Crippen molar-refractivity contribution in [3.05, 3.63) is 0 Å². The van der Waals surface area contributed by atoms with Gasteiger partial charge in [0.2, 0.25) is 0 Å². The average Bonchev–Trinajstić information content (AvgIpc) is 2.79. The van der Waals surface area contributed by atoms with E-state index in [1.165, 1.54) is 6.42 Å². The van der Waals surface area contributed by atoms with Crippen LogP contribution in [0.25, 0.3) is 0 Å². The predicted octanol–water partition coefficient (Wildman–Crippen LogP) is 2.71. The van der Waals surface area contributed by atoms with Crippen LogP contribution in [-0.4, -0.2) is 41.1 Å². The van der Waals surface area contributed by atoms with E-state index in [0.717, 1.165) is 6.42 Å². The van der Waals surface area contributed by atoms with Crippen molar-refractivity contribution in [2.45, 2.75) is 58.9 Å². The molecule has 0 radical (unpaired) electrons. The number of hydrogen-bond acceptors (Lipinski definition) is 2. The Bertz CT molecular complexity index is 402. The van der Waals surface area contributed by atoms with Crippen molar-refractivity contribution in [1.82, 2.24) is 10.2 Å². The van der Waals surface area contributed by atoms with E-state index in [2.05, 4.69) is 19.2 Å². The molecule has 120 valence electrons. The minimum absolute atomic E-state index is 0.0176. The van der Waals surface area contributed by atoms with Crippen LogP contribution in [-0.2, 0) is 4.79 Å². The minimum atomic E-state index is -0.719. The van der Waals surface area contributed by atoms with Gasteiger partial charge in [0.1, 0.15) is 0 Å². The topological polar surface area (TPSA) is 69.6 Å². The summed E-state index contributed by atoms with van der Waals surface area (Å²) < 4.78 is 0. The van der Waals surface area contributed by atoms with Crippen LogP contribution < -0.4 is 5.32 Å². The molecule has 0 aromatic rings. The number of carbonyl (C=O) groups excluding carboxylic acids is 1. The Morgan fingerprint density at radius 1 is 1.24 bits per heavy atom. The molecular formula is C16H28N2O3. The van der Waals surface area contributed by atoms with Gasteiger partial charge >= 0.3 is 12.0 Å². The number of nitrogens with zero attached hydrogens (tertiary/aromatic N) is 1. The van der Waals surface area contributed by atoms with Crippen LogP contribution in [0.3, 0.4) is 0 Å². The number of likely N-dealkylation sites (tertiary alicyclic amines) is 1. The van der Waals surface area contributed by atoms with Gasteiger partial charge in [-0.1, -0.05) is 20.8 Å². The fraction of sp³-hybridized carbons (Fsp3) is 0.875. The van der Waals surface area contributed by atoms with Crippen LogP contribution >= 0.6 is 0 Å². The molecule has 3 atom stereocenters. The number of aliphatic carboxylic acids is 1. The van der Waals surface area contributed by atoms with Crippen LogP contribution in [0.15, 0.2) is 0 Å². The first-order valence-electron chi connectivity index (χ1n) is 8.18. The number of nitrogens with one attached hydrogen (secondary N) is 1. The summed E-state index contributed by atoms with van der Waals surface area (Å²) in [7, 11) is 0. The van der Waals surface area contributed by atoms with Gasteiger partial charge < -0.3 is 15.3 Å². The highest BCUT2D eigenvalue weighted by atomic mass is 16.4. The van der Waals surface area contributed by atoms with Crippen molar-refractivity contribution >= 4 is 12.0 Å². The number of carboxylic acids is 1. The molecule has 0 aromatic carbocycles. The van der Waals surface area contributed by atoms with Crippen molar-refractivity contribution in [3.63, 3.8) is 0 Å². The summed E-state index contributed by atoms with van der Waals surface area (Å²) in [4.78, 5) is 25.5. The largest absolute Gasteiger partial charge is 0.481 e. The number of hydrogen-bond donors (Lipinski definition) is 2. The molecule has 5 heteroatoms.